The molecule has 6 nitrogen and oxygen atoms in total. The zero-order valence-corrected chi connectivity index (χ0v) is 19.7. The number of amides is 1. The Hall–Kier alpha value is -2.97. The molecule has 0 aromatic heterocycles. The molecule has 0 aliphatic carbocycles. The number of carbonyl (C=O) groups is 1. The summed E-state index contributed by atoms with van der Waals surface area (Å²) in [5.74, 6) is 1.06. The monoisotopic (exact) mass is 468 g/mol. The average molecular weight is 469 g/mol. The molecule has 1 heterocycles. The second kappa shape index (κ2) is 8.88. The lowest BCUT2D eigenvalue weighted by Crippen LogP contribution is -2.27. The van der Waals surface area contributed by atoms with E-state index in [1.54, 1.807) is 36.0 Å². The Balaban J connectivity index is 1.54. The highest BCUT2D eigenvalue weighted by atomic mass is 32.2. The second-order valence-electron chi connectivity index (χ2n) is 7.60. The van der Waals surface area contributed by atoms with Crippen molar-refractivity contribution >= 4 is 39.1 Å². The highest BCUT2D eigenvalue weighted by Crippen LogP contribution is 2.42. The van der Waals surface area contributed by atoms with Crippen LogP contribution in [0.4, 0.5) is 11.4 Å². The van der Waals surface area contributed by atoms with Gasteiger partial charge in [0.05, 0.1) is 17.8 Å². The van der Waals surface area contributed by atoms with Crippen LogP contribution in [0.25, 0.3) is 0 Å². The van der Waals surface area contributed by atoms with Crippen molar-refractivity contribution in [2.45, 2.75) is 24.1 Å². The zero-order chi connectivity index (χ0) is 22.9. The van der Waals surface area contributed by atoms with Crippen LogP contribution in [0.3, 0.4) is 0 Å². The highest BCUT2D eigenvalue weighted by molar-refractivity contribution is 8.00. The summed E-state index contributed by atoms with van der Waals surface area (Å²) in [6.45, 7) is 4.08. The topological polar surface area (TPSA) is 75.7 Å². The zero-order valence-electron chi connectivity index (χ0n) is 18.0. The number of nitrogens with one attached hydrogen (secondary N) is 1. The SMILES string of the molecule is COc1ccc(S(=O)(=O)Nc2ccc([C@@H]3SCC(=O)N3c3ccc(C)c(C)c3)cc2)cc1. The van der Waals surface area contributed by atoms with Gasteiger partial charge in [0.2, 0.25) is 5.91 Å². The molecule has 1 fully saturated rings. The van der Waals surface area contributed by atoms with E-state index in [1.165, 1.54) is 24.8 Å². The van der Waals surface area contributed by atoms with Crippen molar-refractivity contribution < 1.29 is 17.9 Å². The minimum absolute atomic E-state index is 0.0625. The molecular formula is C24H24N2O4S2. The van der Waals surface area contributed by atoms with Crippen molar-refractivity contribution in [3.05, 3.63) is 83.4 Å². The van der Waals surface area contributed by atoms with Gasteiger partial charge in [-0.25, -0.2) is 8.42 Å². The Labute approximate surface area is 192 Å². The van der Waals surface area contributed by atoms with E-state index in [1.807, 2.05) is 49.1 Å². The molecule has 3 aromatic carbocycles. The molecule has 4 rings (SSSR count). The first kappa shape index (κ1) is 22.2. The lowest BCUT2D eigenvalue weighted by atomic mass is 10.1. The maximum absolute atomic E-state index is 12.7. The third-order valence-corrected chi connectivity index (χ3v) is 8.06. The summed E-state index contributed by atoms with van der Waals surface area (Å²) in [5, 5.41) is -0.156. The molecule has 1 aliphatic heterocycles. The molecule has 0 saturated carbocycles. The number of hydrogen-bond acceptors (Lipinski definition) is 5. The predicted octanol–water partition coefficient (Wildman–Crippen LogP) is 4.89. The molecule has 1 N–H and O–H groups in total. The van der Waals surface area contributed by atoms with Gasteiger partial charge in [-0.15, -0.1) is 11.8 Å². The Morgan fingerprint density at radius 2 is 1.66 bits per heavy atom. The molecule has 0 unspecified atom stereocenters. The van der Waals surface area contributed by atoms with Crippen LogP contribution in [0, 0.1) is 13.8 Å². The Bertz CT molecular complexity index is 1240. The Morgan fingerprint density at radius 1 is 0.969 bits per heavy atom. The molecule has 1 atom stereocenters. The normalized spacial score (nSPS) is 16.3. The fourth-order valence-corrected chi connectivity index (χ4v) is 5.75. The minimum atomic E-state index is -3.72. The number of carbonyl (C=O) groups excluding carboxylic acids is 1. The summed E-state index contributed by atoms with van der Waals surface area (Å²) in [6, 6.07) is 19.4. The van der Waals surface area contributed by atoms with Crippen LogP contribution in [0.1, 0.15) is 22.1 Å². The summed E-state index contributed by atoms with van der Waals surface area (Å²) in [6.07, 6.45) is 0. The fraction of sp³-hybridized carbons (Fsp3) is 0.208. The predicted molar refractivity (Wildman–Crippen MR) is 129 cm³/mol. The number of benzene rings is 3. The maximum atomic E-state index is 12.7. The number of nitrogens with zero attached hydrogens (tertiary/aromatic N) is 1. The largest absolute Gasteiger partial charge is 0.497 e. The number of sulfonamides is 1. The molecular weight excluding hydrogens is 444 g/mol. The quantitative estimate of drug-likeness (QED) is 0.557. The number of ether oxygens (including phenoxy) is 1. The number of aryl methyl sites for hydroxylation is 2. The molecule has 1 amide bonds. The smallest absolute Gasteiger partial charge is 0.261 e. The van der Waals surface area contributed by atoms with Crippen molar-refractivity contribution in [3.8, 4) is 5.75 Å². The van der Waals surface area contributed by atoms with Gasteiger partial charge in [0.15, 0.2) is 0 Å². The summed E-state index contributed by atoms with van der Waals surface area (Å²) >= 11 is 1.56. The third-order valence-electron chi connectivity index (χ3n) is 5.45. The molecule has 0 radical (unpaired) electrons. The number of methoxy groups -OCH3 is 1. The summed E-state index contributed by atoms with van der Waals surface area (Å²) < 4.78 is 33.0. The molecule has 32 heavy (non-hydrogen) atoms. The first-order valence-electron chi connectivity index (χ1n) is 10.1. The Kier molecular flexibility index (Phi) is 6.17. The van der Waals surface area contributed by atoms with Crippen LogP contribution in [0.2, 0.25) is 0 Å². The van der Waals surface area contributed by atoms with Crippen molar-refractivity contribution in [3.63, 3.8) is 0 Å². The van der Waals surface area contributed by atoms with Crippen molar-refractivity contribution in [1.82, 2.24) is 0 Å². The standard InChI is InChI=1S/C24H24N2O4S2/c1-16-4-9-20(14-17(16)2)26-23(27)15-31-24(26)18-5-7-19(8-6-18)25-32(28,29)22-12-10-21(30-3)11-13-22/h4-14,24-25H,15H2,1-3H3/t24-/m0/s1. The average Bonchev–Trinajstić information content (AvgIpc) is 3.17. The van der Waals surface area contributed by atoms with E-state index in [0.717, 1.165) is 16.8 Å². The van der Waals surface area contributed by atoms with E-state index >= 15 is 0 Å². The second-order valence-corrected chi connectivity index (χ2v) is 10.3. The molecule has 1 aliphatic rings. The lowest BCUT2D eigenvalue weighted by molar-refractivity contribution is -0.115. The van der Waals surface area contributed by atoms with Gasteiger partial charge in [-0.1, -0.05) is 18.2 Å². The number of rotatable bonds is 6. The number of anilines is 2. The van der Waals surface area contributed by atoms with Crippen LogP contribution >= 0.6 is 11.8 Å². The van der Waals surface area contributed by atoms with Crippen LogP contribution in [0.5, 0.6) is 5.75 Å². The van der Waals surface area contributed by atoms with Gasteiger partial charge in [-0.05, 0) is 79.1 Å². The lowest BCUT2D eigenvalue weighted by Gasteiger charge is -2.25. The van der Waals surface area contributed by atoms with Gasteiger partial charge in [-0.3, -0.25) is 14.4 Å². The van der Waals surface area contributed by atoms with Gasteiger partial charge >= 0.3 is 0 Å². The van der Waals surface area contributed by atoms with E-state index < -0.39 is 10.0 Å². The highest BCUT2D eigenvalue weighted by Gasteiger charge is 2.34. The van der Waals surface area contributed by atoms with Gasteiger partial charge in [0, 0.05) is 11.4 Å². The maximum Gasteiger partial charge on any atom is 0.261 e. The molecule has 1 saturated heterocycles. The molecule has 8 heteroatoms. The summed E-state index contributed by atoms with van der Waals surface area (Å²) in [4.78, 5) is 14.6. The third kappa shape index (κ3) is 4.47. The minimum Gasteiger partial charge on any atom is -0.497 e. The van der Waals surface area contributed by atoms with Crippen LogP contribution in [-0.2, 0) is 14.8 Å². The van der Waals surface area contributed by atoms with E-state index in [0.29, 0.717) is 17.2 Å². The van der Waals surface area contributed by atoms with Crippen molar-refractivity contribution in [1.29, 1.82) is 0 Å². The van der Waals surface area contributed by atoms with Gasteiger partial charge in [0.1, 0.15) is 11.1 Å². The molecule has 166 valence electrons. The molecule has 3 aromatic rings. The van der Waals surface area contributed by atoms with Gasteiger partial charge in [-0.2, -0.15) is 0 Å². The van der Waals surface area contributed by atoms with E-state index in [-0.39, 0.29) is 16.2 Å². The van der Waals surface area contributed by atoms with Crippen molar-refractivity contribution in [2.24, 2.45) is 0 Å². The number of thioether (sulfide) groups is 1. The first-order chi connectivity index (χ1) is 15.3. The summed E-state index contributed by atoms with van der Waals surface area (Å²) in [5.41, 5.74) is 4.58. The number of hydrogen-bond donors (Lipinski definition) is 1. The van der Waals surface area contributed by atoms with Gasteiger partial charge < -0.3 is 4.74 Å². The van der Waals surface area contributed by atoms with E-state index in [2.05, 4.69) is 4.72 Å². The van der Waals surface area contributed by atoms with Gasteiger partial charge in [0.25, 0.3) is 10.0 Å². The molecule has 0 spiro atoms. The van der Waals surface area contributed by atoms with Crippen LogP contribution in [-0.4, -0.2) is 27.2 Å². The summed E-state index contributed by atoms with van der Waals surface area (Å²) in [7, 11) is -2.19. The van der Waals surface area contributed by atoms with Crippen LogP contribution in [0.15, 0.2) is 71.6 Å². The fourth-order valence-electron chi connectivity index (χ4n) is 3.51. The van der Waals surface area contributed by atoms with E-state index in [9.17, 15) is 13.2 Å². The Morgan fingerprint density at radius 3 is 2.28 bits per heavy atom. The first-order valence-corrected chi connectivity index (χ1v) is 12.6. The van der Waals surface area contributed by atoms with E-state index in [4.69, 9.17) is 4.74 Å². The van der Waals surface area contributed by atoms with Crippen molar-refractivity contribution in [2.75, 3.05) is 22.5 Å². The molecule has 0 bridgehead atoms. The van der Waals surface area contributed by atoms with Crippen LogP contribution < -0.4 is 14.4 Å².